The van der Waals surface area contributed by atoms with Gasteiger partial charge in [0, 0.05) is 11.1 Å². The minimum absolute atomic E-state index is 0.126. The first-order chi connectivity index (χ1) is 8.93. The standard InChI is InChI=1S/C12H8Cl3F2NS/c1-18-11(6-3-10(14)19-12(6)15)5-2-9(17)7(13)4-8(5)16/h2-4,11,18H,1H3. The van der Waals surface area contributed by atoms with Gasteiger partial charge in [-0.25, -0.2) is 8.78 Å². The van der Waals surface area contributed by atoms with Gasteiger partial charge in [-0.05, 0) is 25.2 Å². The third kappa shape index (κ3) is 3.03. The van der Waals surface area contributed by atoms with Crippen molar-refractivity contribution in [3.8, 4) is 0 Å². The number of hydrogen-bond donors (Lipinski definition) is 1. The highest BCUT2D eigenvalue weighted by molar-refractivity contribution is 7.20. The molecule has 1 N–H and O–H groups in total. The van der Waals surface area contributed by atoms with E-state index in [1.165, 1.54) is 11.3 Å². The van der Waals surface area contributed by atoms with Crippen molar-refractivity contribution in [2.45, 2.75) is 6.04 Å². The Balaban J connectivity index is 2.54. The van der Waals surface area contributed by atoms with Gasteiger partial charge in [-0.15, -0.1) is 11.3 Å². The molecule has 1 aromatic heterocycles. The van der Waals surface area contributed by atoms with E-state index in [-0.39, 0.29) is 10.6 Å². The highest BCUT2D eigenvalue weighted by Gasteiger charge is 2.22. The molecule has 1 atom stereocenters. The van der Waals surface area contributed by atoms with Gasteiger partial charge in [-0.2, -0.15) is 0 Å². The maximum Gasteiger partial charge on any atom is 0.142 e. The maximum absolute atomic E-state index is 13.9. The van der Waals surface area contributed by atoms with E-state index in [0.717, 1.165) is 12.1 Å². The molecule has 1 heterocycles. The molecule has 1 nitrogen and oxygen atoms in total. The van der Waals surface area contributed by atoms with Crippen LogP contribution in [-0.2, 0) is 0 Å². The van der Waals surface area contributed by atoms with Gasteiger partial charge >= 0.3 is 0 Å². The maximum atomic E-state index is 13.9. The molecule has 0 aliphatic rings. The molecule has 2 aromatic rings. The summed E-state index contributed by atoms with van der Waals surface area (Å²) in [6, 6.07) is 3.03. The lowest BCUT2D eigenvalue weighted by Gasteiger charge is -2.17. The van der Waals surface area contributed by atoms with E-state index in [2.05, 4.69) is 5.32 Å². The number of rotatable bonds is 3. The number of thiophene rings is 1. The van der Waals surface area contributed by atoms with Crippen molar-refractivity contribution in [3.05, 3.63) is 54.7 Å². The van der Waals surface area contributed by atoms with Crippen molar-refractivity contribution < 1.29 is 8.78 Å². The summed E-state index contributed by atoms with van der Waals surface area (Å²) in [5.41, 5.74) is 0.723. The van der Waals surface area contributed by atoms with Crippen LogP contribution in [0.5, 0.6) is 0 Å². The van der Waals surface area contributed by atoms with E-state index in [9.17, 15) is 8.78 Å². The topological polar surface area (TPSA) is 12.0 Å². The average molecular weight is 343 g/mol. The Bertz CT molecular complexity index is 615. The van der Waals surface area contributed by atoms with Gasteiger partial charge in [0.05, 0.1) is 19.7 Å². The molecule has 102 valence electrons. The van der Waals surface area contributed by atoms with Gasteiger partial charge in [-0.3, -0.25) is 0 Å². The molecule has 0 saturated carbocycles. The second-order valence-corrected chi connectivity index (χ2v) is 6.48. The molecule has 2 rings (SSSR count). The van der Waals surface area contributed by atoms with Gasteiger partial charge in [-0.1, -0.05) is 34.8 Å². The second-order valence-electron chi connectivity index (χ2n) is 3.79. The molecule has 0 spiro atoms. The zero-order valence-corrected chi connectivity index (χ0v) is 12.7. The van der Waals surface area contributed by atoms with Crippen molar-refractivity contribution in [1.29, 1.82) is 0 Å². The van der Waals surface area contributed by atoms with Gasteiger partial charge in [0.1, 0.15) is 11.6 Å². The summed E-state index contributed by atoms with van der Waals surface area (Å²) in [5, 5.41) is 2.63. The van der Waals surface area contributed by atoms with Crippen molar-refractivity contribution in [2.75, 3.05) is 7.05 Å². The van der Waals surface area contributed by atoms with Crippen LogP contribution in [0.3, 0.4) is 0 Å². The van der Waals surface area contributed by atoms with Crippen LogP contribution in [0.1, 0.15) is 17.2 Å². The molecule has 0 fully saturated rings. The minimum Gasteiger partial charge on any atom is -0.309 e. The minimum atomic E-state index is -0.684. The summed E-state index contributed by atoms with van der Waals surface area (Å²) in [6.07, 6.45) is 0. The lowest BCUT2D eigenvalue weighted by atomic mass is 10.0. The number of benzene rings is 1. The van der Waals surface area contributed by atoms with E-state index in [1.54, 1.807) is 13.1 Å². The predicted octanol–water partition coefficient (Wildman–Crippen LogP) is 5.30. The Hall–Kier alpha value is -0.390. The second kappa shape index (κ2) is 5.94. The Kier molecular flexibility index (Phi) is 4.69. The van der Waals surface area contributed by atoms with Crippen LogP contribution in [0.4, 0.5) is 8.78 Å². The number of hydrogen-bond acceptors (Lipinski definition) is 2. The van der Waals surface area contributed by atoms with Gasteiger partial charge in [0.2, 0.25) is 0 Å². The first-order valence-corrected chi connectivity index (χ1v) is 7.15. The Morgan fingerprint density at radius 2 is 1.74 bits per heavy atom. The van der Waals surface area contributed by atoms with E-state index in [0.29, 0.717) is 14.2 Å². The van der Waals surface area contributed by atoms with Crippen LogP contribution in [0.25, 0.3) is 0 Å². The van der Waals surface area contributed by atoms with E-state index in [4.69, 9.17) is 34.8 Å². The third-order valence-electron chi connectivity index (χ3n) is 2.63. The molecular formula is C12H8Cl3F2NS. The molecule has 1 unspecified atom stereocenters. The molecule has 0 aliphatic carbocycles. The molecule has 0 saturated heterocycles. The molecule has 7 heteroatoms. The fourth-order valence-corrected chi connectivity index (χ4v) is 3.47. The summed E-state index contributed by atoms with van der Waals surface area (Å²) in [4.78, 5) is 0. The summed E-state index contributed by atoms with van der Waals surface area (Å²) in [5.74, 6) is -1.29. The fraction of sp³-hybridized carbons (Fsp3) is 0.167. The van der Waals surface area contributed by atoms with Crippen LogP contribution in [0.15, 0.2) is 18.2 Å². The van der Waals surface area contributed by atoms with Crippen LogP contribution >= 0.6 is 46.1 Å². The van der Waals surface area contributed by atoms with E-state index >= 15 is 0 Å². The first-order valence-electron chi connectivity index (χ1n) is 5.20. The molecule has 0 radical (unpaired) electrons. The van der Waals surface area contributed by atoms with E-state index in [1.807, 2.05) is 0 Å². The lowest BCUT2D eigenvalue weighted by Crippen LogP contribution is -2.19. The quantitative estimate of drug-likeness (QED) is 0.747. The molecule has 1 aromatic carbocycles. The summed E-state index contributed by atoms with van der Waals surface area (Å²) in [6.45, 7) is 0. The average Bonchev–Trinajstić information content (AvgIpc) is 2.66. The number of halogens is 5. The summed E-state index contributed by atoms with van der Waals surface area (Å²) < 4.78 is 28.3. The molecule has 19 heavy (non-hydrogen) atoms. The highest BCUT2D eigenvalue weighted by Crippen LogP contribution is 2.38. The fourth-order valence-electron chi connectivity index (χ4n) is 1.79. The monoisotopic (exact) mass is 341 g/mol. The van der Waals surface area contributed by atoms with Crippen LogP contribution < -0.4 is 5.32 Å². The van der Waals surface area contributed by atoms with Crippen LogP contribution in [0.2, 0.25) is 13.7 Å². The zero-order chi connectivity index (χ0) is 14.2. The van der Waals surface area contributed by atoms with Gasteiger partial charge in [0.15, 0.2) is 0 Å². The molecule has 0 amide bonds. The van der Waals surface area contributed by atoms with Gasteiger partial charge in [0.25, 0.3) is 0 Å². The Morgan fingerprint density at radius 1 is 1.05 bits per heavy atom. The largest absolute Gasteiger partial charge is 0.309 e. The predicted molar refractivity (Wildman–Crippen MR) is 76.6 cm³/mol. The summed E-state index contributed by atoms with van der Waals surface area (Å²) >= 11 is 18.6. The SMILES string of the molecule is CNC(c1cc(F)c(Cl)cc1F)c1cc(Cl)sc1Cl. The molecule has 0 aliphatic heterocycles. The van der Waals surface area contributed by atoms with Crippen molar-refractivity contribution >= 4 is 46.1 Å². The summed E-state index contributed by atoms with van der Waals surface area (Å²) in [7, 11) is 1.62. The van der Waals surface area contributed by atoms with Crippen molar-refractivity contribution in [2.24, 2.45) is 0 Å². The Morgan fingerprint density at radius 3 is 2.26 bits per heavy atom. The van der Waals surface area contributed by atoms with E-state index < -0.39 is 17.7 Å². The number of nitrogens with one attached hydrogen (secondary N) is 1. The van der Waals surface area contributed by atoms with Gasteiger partial charge < -0.3 is 5.32 Å². The smallest absolute Gasteiger partial charge is 0.142 e. The molecule has 0 bridgehead atoms. The third-order valence-corrected chi connectivity index (χ3v) is 4.44. The molecular weight excluding hydrogens is 335 g/mol. The van der Waals surface area contributed by atoms with Crippen molar-refractivity contribution in [3.63, 3.8) is 0 Å². The van der Waals surface area contributed by atoms with Crippen LogP contribution in [0, 0.1) is 11.6 Å². The lowest BCUT2D eigenvalue weighted by molar-refractivity contribution is 0.559. The van der Waals surface area contributed by atoms with Crippen molar-refractivity contribution in [1.82, 2.24) is 5.32 Å². The highest BCUT2D eigenvalue weighted by atomic mass is 35.5. The first kappa shape index (κ1) is 15.0. The Labute approximate surface area is 128 Å². The normalized spacial score (nSPS) is 12.7. The zero-order valence-electron chi connectivity index (χ0n) is 9.61. The van der Waals surface area contributed by atoms with Crippen LogP contribution in [-0.4, -0.2) is 7.05 Å².